The lowest BCUT2D eigenvalue weighted by atomic mass is 10.3. The van der Waals surface area contributed by atoms with Gasteiger partial charge in [0.05, 0.1) is 24.2 Å². The molecule has 3 rings (SSSR count). The molecular formula is C16H18BrFN8O3. The van der Waals surface area contributed by atoms with E-state index in [1.54, 1.807) is 13.0 Å². The summed E-state index contributed by atoms with van der Waals surface area (Å²) in [5, 5.41) is 23.6. The number of hydrogen-bond acceptors (Lipinski definition) is 9. The monoisotopic (exact) mass is 468 g/mol. The molecule has 0 saturated heterocycles. The first kappa shape index (κ1) is 20.8. The molecule has 0 atom stereocenters. The maximum absolute atomic E-state index is 13.2. The highest BCUT2D eigenvalue weighted by Crippen LogP contribution is 2.25. The van der Waals surface area contributed by atoms with Crippen molar-refractivity contribution in [2.24, 2.45) is 0 Å². The molecule has 11 nitrogen and oxygen atoms in total. The van der Waals surface area contributed by atoms with Crippen LogP contribution in [0.5, 0.6) is 5.75 Å². The number of unbranched alkanes of at least 4 members (excludes halogenated alkanes) is 1. The number of halogens is 2. The van der Waals surface area contributed by atoms with E-state index in [1.165, 1.54) is 16.9 Å². The topological polar surface area (TPSA) is 123 Å². The SMILES string of the molecule is CCOC(=O)Cn1nnc(-c2nnn(CCCCOc3cc(F)ccc3Br)n2)n1. The van der Waals surface area contributed by atoms with Gasteiger partial charge in [-0.05, 0) is 58.3 Å². The molecule has 0 saturated carbocycles. The summed E-state index contributed by atoms with van der Waals surface area (Å²) in [6.07, 6.45) is 1.44. The van der Waals surface area contributed by atoms with Crippen molar-refractivity contribution in [3.63, 3.8) is 0 Å². The minimum atomic E-state index is -0.458. The number of aryl methyl sites for hydroxylation is 1. The first-order chi connectivity index (χ1) is 14.0. The molecule has 154 valence electrons. The molecule has 2 heterocycles. The second-order valence-electron chi connectivity index (χ2n) is 5.79. The Morgan fingerprint density at radius 2 is 1.86 bits per heavy atom. The predicted octanol–water partition coefficient (Wildman–Crippen LogP) is 1.65. The molecule has 3 aromatic rings. The van der Waals surface area contributed by atoms with Crippen molar-refractivity contribution in [1.82, 2.24) is 40.4 Å². The summed E-state index contributed by atoms with van der Waals surface area (Å²) in [7, 11) is 0. The van der Waals surface area contributed by atoms with Crippen LogP contribution in [0.2, 0.25) is 0 Å². The van der Waals surface area contributed by atoms with Crippen LogP contribution in [0.15, 0.2) is 22.7 Å². The van der Waals surface area contributed by atoms with Crippen LogP contribution < -0.4 is 4.74 Å². The van der Waals surface area contributed by atoms with Gasteiger partial charge in [0.1, 0.15) is 11.6 Å². The van der Waals surface area contributed by atoms with E-state index in [2.05, 4.69) is 46.8 Å². The lowest BCUT2D eigenvalue weighted by molar-refractivity contribution is -0.144. The maximum Gasteiger partial charge on any atom is 0.329 e. The molecule has 0 aliphatic heterocycles. The van der Waals surface area contributed by atoms with Crippen LogP contribution >= 0.6 is 15.9 Å². The number of ether oxygens (including phenoxy) is 2. The molecular weight excluding hydrogens is 451 g/mol. The van der Waals surface area contributed by atoms with Gasteiger partial charge in [0.2, 0.25) is 11.6 Å². The summed E-state index contributed by atoms with van der Waals surface area (Å²) in [5.74, 6) is 0.0268. The average molecular weight is 469 g/mol. The zero-order valence-corrected chi connectivity index (χ0v) is 17.1. The van der Waals surface area contributed by atoms with E-state index in [0.717, 1.165) is 11.2 Å². The first-order valence-electron chi connectivity index (χ1n) is 8.84. The standard InChI is InChI=1S/C16H18BrFN8O3/c1-2-28-14(27)10-26-22-16(20-24-26)15-19-23-25(21-15)7-3-4-8-29-13-9-11(18)5-6-12(13)17/h5-6,9H,2-4,7-8,10H2,1H3. The Labute approximate surface area is 173 Å². The lowest BCUT2D eigenvalue weighted by Crippen LogP contribution is -2.15. The van der Waals surface area contributed by atoms with Crippen molar-refractivity contribution in [2.45, 2.75) is 32.9 Å². The van der Waals surface area contributed by atoms with Gasteiger partial charge in [0, 0.05) is 6.07 Å². The average Bonchev–Trinajstić information content (AvgIpc) is 3.34. The molecule has 0 aliphatic rings. The van der Waals surface area contributed by atoms with Gasteiger partial charge in [-0.3, -0.25) is 0 Å². The van der Waals surface area contributed by atoms with Crippen LogP contribution in [-0.4, -0.2) is 59.6 Å². The normalized spacial score (nSPS) is 10.9. The third-order valence-corrected chi connectivity index (χ3v) is 4.24. The van der Waals surface area contributed by atoms with Crippen molar-refractivity contribution in [1.29, 1.82) is 0 Å². The number of carbonyl (C=O) groups excluding carboxylic acids is 1. The van der Waals surface area contributed by atoms with E-state index in [9.17, 15) is 9.18 Å². The quantitative estimate of drug-likeness (QED) is 0.322. The van der Waals surface area contributed by atoms with E-state index in [0.29, 0.717) is 29.8 Å². The van der Waals surface area contributed by atoms with Gasteiger partial charge in [-0.15, -0.1) is 20.4 Å². The number of hydrogen-bond donors (Lipinski definition) is 0. The Hall–Kier alpha value is -2.96. The zero-order chi connectivity index (χ0) is 20.6. The van der Waals surface area contributed by atoms with Crippen LogP contribution in [0.4, 0.5) is 4.39 Å². The zero-order valence-electron chi connectivity index (χ0n) is 15.5. The molecule has 0 bridgehead atoms. The van der Waals surface area contributed by atoms with Crippen molar-refractivity contribution in [2.75, 3.05) is 13.2 Å². The van der Waals surface area contributed by atoms with Crippen LogP contribution in [0, 0.1) is 5.82 Å². The molecule has 0 aliphatic carbocycles. The largest absolute Gasteiger partial charge is 0.492 e. The van der Waals surface area contributed by atoms with E-state index in [4.69, 9.17) is 9.47 Å². The third-order valence-electron chi connectivity index (χ3n) is 3.58. The van der Waals surface area contributed by atoms with Gasteiger partial charge >= 0.3 is 5.97 Å². The van der Waals surface area contributed by atoms with Gasteiger partial charge in [-0.2, -0.15) is 9.59 Å². The highest BCUT2D eigenvalue weighted by Gasteiger charge is 2.14. The Morgan fingerprint density at radius 3 is 2.62 bits per heavy atom. The van der Waals surface area contributed by atoms with Crippen molar-refractivity contribution < 1.29 is 18.7 Å². The number of nitrogens with zero attached hydrogens (tertiary/aromatic N) is 8. The van der Waals surface area contributed by atoms with E-state index >= 15 is 0 Å². The van der Waals surface area contributed by atoms with Crippen LogP contribution in [0.1, 0.15) is 19.8 Å². The number of aromatic nitrogens is 8. The Balaban J connectivity index is 1.44. The fraction of sp³-hybridized carbons (Fsp3) is 0.438. The second kappa shape index (κ2) is 10.0. The molecule has 13 heteroatoms. The van der Waals surface area contributed by atoms with Gasteiger partial charge < -0.3 is 9.47 Å². The molecule has 0 N–H and O–H groups in total. The molecule has 29 heavy (non-hydrogen) atoms. The fourth-order valence-corrected chi connectivity index (χ4v) is 2.64. The summed E-state index contributed by atoms with van der Waals surface area (Å²) in [5.41, 5.74) is 0. The highest BCUT2D eigenvalue weighted by molar-refractivity contribution is 9.10. The summed E-state index contributed by atoms with van der Waals surface area (Å²) in [6.45, 7) is 2.79. The van der Waals surface area contributed by atoms with Crippen LogP contribution in [0.3, 0.4) is 0 Å². The van der Waals surface area contributed by atoms with E-state index in [1.807, 2.05) is 0 Å². The smallest absolute Gasteiger partial charge is 0.329 e. The first-order valence-corrected chi connectivity index (χ1v) is 9.64. The number of tetrazole rings is 2. The summed E-state index contributed by atoms with van der Waals surface area (Å²) >= 11 is 3.32. The maximum atomic E-state index is 13.2. The van der Waals surface area contributed by atoms with Crippen LogP contribution in [-0.2, 0) is 22.6 Å². The number of benzene rings is 1. The summed E-state index contributed by atoms with van der Waals surface area (Å²) < 4.78 is 24.3. The molecule has 0 amide bonds. The number of carbonyl (C=O) groups is 1. The molecule has 0 radical (unpaired) electrons. The van der Waals surface area contributed by atoms with Crippen molar-refractivity contribution in [3.8, 4) is 17.4 Å². The summed E-state index contributed by atoms with van der Waals surface area (Å²) in [6, 6.07) is 4.29. The summed E-state index contributed by atoms with van der Waals surface area (Å²) in [4.78, 5) is 14.0. The van der Waals surface area contributed by atoms with Gasteiger partial charge in [0.15, 0.2) is 6.54 Å². The van der Waals surface area contributed by atoms with E-state index < -0.39 is 5.97 Å². The number of rotatable bonds is 10. The predicted molar refractivity (Wildman–Crippen MR) is 100 cm³/mol. The highest BCUT2D eigenvalue weighted by atomic mass is 79.9. The van der Waals surface area contributed by atoms with Crippen molar-refractivity contribution >= 4 is 21.9 Å². The molecule has 0 spiro atoms. The Kier molecular flexibility index (Phi) is 7.16. The molecule has 0 fully saturated rings. The third kappa shape index (κ3) is 6.01. The van der Waals surface area contributed by atoms with Crippen molar-refractivity contribution in [3.05, 3.63) is 28.5 Å². The Bertz CT molecular complexity index is 963. The van der Waals surface area contributed by atoms with Gasteiger partial charge in [-0.1, -0.05) is 0 Å². The lowest BCUT2D eigenvalue weighted by Gasteiger charge is -2.07. The van der Waals surface area contributed by atoms with Gasteiger partial charge in [0.25, 0.3) is 0 Å². The number of esters is 1. The molecule has 0 unspecified atom stereocenters. The van der Waals surface area contributed by atoms with Crippen LogP contribution in [0.25, 0.3) is 11.6 Å². The molecule has 2 aromatic heterocycles. The minimum absolute atomic E-state index is 0.142. The van der Waals surface area contributed by atoms with Gasteiger partial charge in [-0.25, -0.2) is 9.18 Å². The fourth-order valence-electron chi connectivity index (χ4n) is 2.27. The Morgan fingerprint density at radius 1 is 1.14 bits per heavy atom. The van der Waals surface area contributed by atoms with E-state index in [-0.39, 0.29) is 30.6 Å². The minimum Gasteiger partial charge on any atom is -0.492 e. The molecule has 1 aromatic carbocycles. The second-order valence-corrected chi connectivity index (χ2v) is 6.64.